The minimum atomic E-state index is 0.0644. The maximum atomic E-state index is 11.7. The summed E-state index contributed by atoms with van der Waals surface area (Å²) < 4.78 is 1.61. The SMILES string of the molecule is Cn1ccc(CN2CCN(Cc3nc(C(C)(C)C)cs3)CC2)cc1=O. The largest absolute Gasteiger partial charge is 0.319 e. The quantitative estimate of drug-likeness (QED) is 0.840. The number of hydrogen-bond acceptors (Lipinski definition) is 5. The lowest BCUT2D eigenvalue weighted by Gasteiger charge is -2.34. The molecular weight excluding hydrogens is 332 g/mol. The molecule has 1 saturated heterocycles. The predicted octanol–water partition coefficient (Wildman–Crippen LogP) is 2.46. The van der Waals surface area contributed by atoms with Crippen molar-refractivity contribution >= 4 is 11.3 Å². The minimum absolute atomic E-state index is 0.0644. The lowest BCUT2D eigenvalue weighted by atomic mass is 9.93. The molecule has 6 heteroatoms. The van der Waals surface area contributed by atoms with E-state index in [2.05, 4.69) is 36.0 Å². The lowest BCUT2D eigenvalue weighted by molar-refractivity contribution is 0.122. The summed E-state index contributed by atoms with van der Waals surface area (Å²) in [7, 11) is 1.79. The van der Waals surface area contributed by atoms with Crippen molar-refractivity contribution in [1.29, 1.82) is 0 Å². The van der Waals surface area contributed by atoms with Gasteiger partial charge >= 0.3 is 0 Å². The Kier molecular flexibility index (Phi) is 5.41. The highest BCUT2D eigenvalue weighted by Gasteiger charge is 2.21. The summed E-state index contributed by atoms with van der Waals surface area (Å²) in [6, 6.07) is 3.79. The fourth-order valence-electron chi connectivity index (χ4n) is 2.97. The molecule has 3 rings (SSSR count). The third-order valence-corrected chi connectivity index (χ3v) is 5.55. The van der Waals surface area contributed by atoms with Crippen molar-refractivity contribution in [3.8, 4) is 0 Å². The molecular formula is C19H28N4OS. The van der Waals surface area contributed by atoms with Crippen molar-refractivity contribution in [2.45, 2.75) is 39.3 Å². The summed E-state index contributed by atoms with van der Waals surface area (Å²) in [4.78, 5) is 21.4. The van der Waals surface area contributed by atoms with Gasteiger partial charge in [0.1, 0.15) is 5.01 Å². The van der Waals surface area contributed by atoms with Gasteiger partial charge in [0, 0.05) is 62.8 Å². The second kappa shape index (κ2) is 7.40. The average molecular weight is 361 g/mol. The van der Waals surface area contributed by atoms with Crippen LogP contribution in [0.1, 0.15) is 37.0 Å². The van der Waals surface area contributed by atoms with E-state index in [-0.39, 0.29) is 11.0 Å². The Labute approximate surface area is 153 Å². The number of nitrogens with zero attached hydrogens (tertiary/aromatic N) is 4. The Morgan fingerprint density at radius 3 is 2.32 bits per heavy atom. The van der Waals surface area contributed by atoms with Gasteiger partial charge in [0.15, 0.2) is 0 Å². The highest BCUT2D eigenvalue weighted by atomic mass is 32.1. The van der Waals surface area contributed by atoms with Crippen LogP contribution >= 0.6 is 11.3 Å². The highest BCUT2D eigenvalue weighted by Crippen LogP contribution is 2.24. The molecule has 136 valence electrons. The Morgan fingerprint density at radius 1 is 1.12 bits per heavy atom. The lowest BCUT2D eigenvalue weighted by Crippen LogP contribution is -2.45. The van der Waals surface area contributed by atoms with Gasteiger partial charge in [0.25, 0.3) is 5.56 Å². The first-order valence-corrected chi connectivity index (χ1v) is 9.74. The maximum absolute atomic E-state index is 11.7. The molecule has 0 aliphatic carbocycles. The van der Waals surface area contributed by atoms with E-state index in [9.17, 15) is 4.79 Å². The van der Waals surface area contributed by atoms with Gasteiger partial charge < -0.3 is 4.57 Å². The number of aryl methyl sites for hydroxylation is 1. The van der Waals surface area contributed by atoms with E-state index in [1.165, 1.54) is 10.7 Å². The molecule has 0 atom stereocenters. The normalized spacial score (nSPS) is 17.1. The minimum Gasteiger partial charge on any atom is -0.319 e. The first-order chi connectivity index (χ1) is 11.8. The molecule has 1 aliphatic heterocycles. The van der Waals surface area contributed by atoms with Gasteiger partial charge in [0.2, 0.25) is 0 Å². The molecule has 0 bridgehead atoms. The fourth-order valence-corrected chi connectivity index (χ4v) is 4.03. The molecule has 1 aliphatic rings. The fraction of sp³-hybridized carbons (Fsp3) is 0.579. The Bertz CT molecular complexity index is 766. The molecule has 0 N–H and O–H groups in total. The Balaban J connectivity index is 1.51. The van der Waals surface area contributed by atoms with E-state index in [4.69, 9.17) is 4.98 Å². The monoisotopic (exact) mass is 360 g/mol. The van der Waals surface area contributed by atoms with Gasteiger partial charge in [-0.05, 0) is 11.6 Å². The second-order valence-electron chi connectivity index (χ2n) is 7.91. The molecule has 0 unspecified atom stereocenters. The number of pyridine rings is 1. The summed E-state index contributed by atoms with van der Waals surface area (Å²) in [5.41, 5.74) is 2.48. The van der Waals surface area contributed by atoms with Crippen molar-refractivity contribution in [3.05, 3.63) is 50.3 Å². The second-order valence-corrected chi connectivity index (χ2v) is 8.86. The Hall–Kier alpha value is -1.50. The topological polar surface area (TPSA) is 41.4 Å². The van der Waals surface area contributed by atoms with Gasteiger partial charge in [-0.3, -0.25) is 14.6 Å². The zero-order valence-corrected chi connectivity index (χ0v) is 16.5. The molecule has 2 aromatic heterocycles. The van der Waals surface area contributed by atoms with Crippen molar-refractivity contribution in [2.75, 3.05) is 26.2 Å². The molecule has 0 spiro atoms. The van der Waals surface area contributed by atoms with E-state index < -0.39 is 0 Å². The van der Waals surface area contributed by atoms with Crippen LogP contribution in [0.2, 0.25) is 0 Å². The predicted molar refractivity (Wildman–Crippen MR) is 103 cm³/mol. The summed E-state index contributed by atoms with van der Waals surface area (Å²) >= 11 is 1.77. The van der Waals surface area contributed by atoms with E-state index in [0.29, 0.717) is 0 Å². The standard InChI is InChI=1S/C19H28N4OS/c1-19(2,3)16-14-25-17(20-16)13-23-9-7-22(8-10-23)12-15-5-6-21(4)18(24)11-15/h5-6,11,14H,7-10,12-13H2,1-4H3. The molecule has 0 aromatic carbocycles. The first-order valence-electron chi connectivity index (χ1n) is 8.86. The zero-order valence-electron chi connectivity index (χ0n) is 15.7. The number of aromatic nitrogens is 2. The van der Waals surface area contributed by atoms with Crippen LogP contribution in [0.5, 0.6) is 0 Å². The van der Waals surface area contributed by atoms with Crippen LogP contribution in [0.25, 0.3) is 0 Å². The summed E-state index contributed by atoms with van der Waals surface area (Å²) in [6.45, 7) is 12.6. The molecule has 0 radical (unpaired) electrons. The smallest absolute Gasteiger partial charge is 0.250 e. The van der Waals surface area contributed by atoms with Crippen molar-refractivity contribution in [2.24, 2.45) is 7.05 Å². The third-order valence-electron chi connectivity index (χ3n) is 4.72. The highest BCUT2D eigenvalue weighted by molar-refractivity contribution is 7.09. The van der Waals surface area contributed by atoms with Crippen LogP contribution in [0, 0.1) is 0 Å². The van der Waals surface area contributed by atoms with Crippen LogP contribution in [-0.2, 0) is 25.6 Å². The summed E-state index contributed by atoms with van der Waals surface area (Å²) in [6.07, 6.45) is 1.85. The van der Waals surface area contributed by atoms with E-state index in [1.807, 2.05) is 12.3 Å². The van der Waals surface area contributed by atoms with Gasteiger partial charge in [0.05, 0.1) is 12.2 Å². The number of piperazine rings is 1. The first kappa shape index (κ1) is 18.3. The molecule has 2 aromatic rings. The van der Waals surface area contributed by atoms with E-state index in [1.54, 1.807) is 29.0 Å². The van der Waals surface area contributed by atoms with Crippen LogP contribution in [0.15, 0.2) is 28.5 Å². The van der Waals surface area contributed by atoms with Gasteiger partial charge in [-0.15, -0.1) is 11.3 Å². The molecule has 0 amide bonds. The maximum Gasteiger partial charge on any atom is 0.250 e. The Morgan fingerprint density at radius 2 is 1.76 bits per heavy atom. The molecule has 3 heterocycles. The van der Waals surface area contributed by atoms with Crippen LogP contribution in [0.3, 0.4) is 0 Å². The number of thiazole rings is 1. The molecule has 25 heavy (non-hydrogen) atoms. The molecule has 5 nitrogen and oxygen atoms in total. The molecule has 0 saturated carbocycles. The van der Waals surface area contributed by atoms with Crippen LogP contribution in [0.4, 0.5) is 0 Å². The van der Waals surface area contributed by atoms with Crippen LogP contribution < -0.4 is 5.56 Å². The van der Waals surface area contributed by atoms with Crippen molar-refractivity contribution in [1.82, 2.24) is 19.4 Å². The molecule has 1 fully saturated rings. The number of rotatable bonds is 4. The van der Waals surface area contributed by atoms with E-state index >= 15 is 0 Å². The zero-order chi connectivity index (χ0) is 18.0. The summed E-state index contributed by atoms with van der Waals surface area (Å²) in [5.74, 6) is 0. The van der Waals surface area contributed by atoms with Gasteiger partial charge in [-0.1, -0.05) is 20.8 Å². The van der Waals surface area contributed by atoms with Crippen molar-refractivity contribution < 1.29 is 0 Å². The van der Waals surface area contributed by atoms with Crippen LogP contribution in [-0.4, -0.2) is 45.5 Å². The van der Waals surface area contributed by atoms with Gasteiger partial charge in [-0.2, -0.15) is 0 Å². The van der Waals surface area contributed by atoms with Gasteiger partial charge in [-0.25, -0.2) is 4.98 Å². The average Bonchev–Trinajstić information content (AvgIpc) is 3.02. The third kappa shape index (κ3) is 4.77. The summed E-state index contributed by atoms with van der Waals surface area (Å²) in [5, 5.41) is 3.41. The van der Waals surface area contributed by atoms with E-state index in [0.717, 1.165) is 44.8 Å². The number of hydrogen-bond donors (Lipinski definition) is 0. The van der Waals surface area contributed by atoms with Crippen molar-refractivity contribution in [3.63, 3.8) is 0 Å².